The third-order valence-corrected chi connectivity index (χ3v) is 3.28. The van der Waals surface area contributed by atoms with E-state index >= 15 is 0 Å². The minimum Gasteiger partial charge on any atom is -0.437 e. The van der Waals surface area contributed by atoms with E-state index in [1.807, 2.05) is 13.8 Å². The molecule has 0 saturated carbocycles. The summed E-state index contributed by atoms with van der Waals surface area (Å²) in [6.07, 6.45) is 1.44. The standard InChI is InChI=1S/C15H16FN3OS/c1-3-11-12(4-2)18-19-15(13(11)14(17)21)20-10-7-5-6-9(16)8-10/h5-8H,3-4H2,1-2H3,(H2,17,21). The lowest BCUT2D eigenvalue weighted by molar-refractivity contribution is 0.447. The smallest absolute Gasteiger partial charge is 0.249 e. The molecule has 2 rings (SSSR count). The number of aromatic nitrogens is 2. The minimum atomic E-state index is -0.391. The summed E-state index contributed by atoms with van der Waals surface area (Å²) in [5.74, 6) is 0.147. The van der Waals surface area contributed by atoms with E-state index in [2.05, 4.69) is 10.2 Å². The van der Waals surface area contributed by atoms with E-state index in [1.54, 1.807) is 12.1 Å². The molecule has 1 aromatic heterocycles. The van der Waals surface area contributed by atoms with Gasteiger partial charge in [-0.05, 0) is 30.5 Å². The third-order valence-electron chi connectivity index (χ3n) is 3.07. The molecule has 0 unspecified atom stereocenters. The number of ether oxygens (including phenoxy) is 1. The van der Waals surface area contributed by atoms with E-state index in [1.165, 1.54) is 12.1 Å². The highest BCUT2D eigenvalue weighted by Crippen LogP contribution is 2.27. The fourth-order valence-electron chi connectivity index (χ4n) is 2.12. The van der Waals surface area contributed by atoms with Gasteiger partial charge in [0, 0.05) is 6.07 Å². The zero-order chi connectivity index (χ0) is 15.4. The number of hydrogen-bond acceptors (Lipinski definition) is 4. The summed E-state index contributed by atoms with van der Waals surface area (Å²) in [4.78, 5) is 0.197. The molecule has 0 saturated heterocycles. The van der Waals surface area contributed by atoms with Crippen LogP contribution in [0.1, 0.15) is 30.7 Å². The number of hydrogen-bond donors (Lipinski definition) is 1. The Morgan fingerprint density at radius 2 is 2.05 bits per heavy atom. The van der Waals surface area contributed by atoms with E-state index < -0.39 is 5.82 Å². The van der Waals surface area contributed by atoms with Crippen LogP contribution in [0.3, 0.4) is 0 Å². The van der Waals surface area contributed by atoms with Crippen molar-refractivity contribution in [1.29, 1.82) is 0 Å². The van der Waals surface area contributed by atoms with Crippen LogP contribution in [0.15, 0.2) is 24.3 Å². The second kappa shape index (κ2) is 6.58. The van der Waals surface area contributed by atoms with Crippen LogP contribution in [0, 0.1) is 5.82 Å². The Balaban J connectivity index is 2.50. The highest BCUT2D eigenvalue weighted by atomic mass is 32.1. The molecule has 110 valence electrons. The van der Waals surface area contributed by atoms with Gasteiger partial charge in [-0.3, -0.25) is 0 Å². The summed E-state index contributed by atoms with van der Waals surface area (Å²) < 4.78 is 18.8. The number of benzene rings is 1. The zero-order valence-electron chi connectivity index (χ0n) is 11.9. The summed E-state index contributed by atoms with van der Waals surface area (Å²) in [6, 6.07) is 5.79. The second-order valence-electron chi connectivity index (χ2n) is 4.44. The van der Waals surface area contributed by atoms with Crippen molar-refractivity contribution in [2.24, 2.45) is 5.73 Å². The Morgan fingerprint density at radius 1 is 1.29 bits per heavy atom. The van der Waals surface area contributed by atoms with Gasteiger partial charge < -0.3 is 10.5 Å². The largest absolute Gasteiger partial charge is 0.437 e. The van der Waals surface area contributed by atoms with Crippen LogP contribution in [-0.2, 0) is 12.8 Å². The van der Waals surface area contributed by atoms with Crippen molar-refractivity contribution < 1.29 is 9.13 Å². The summed E-state index contributed by atoms with van der Waals surface area (Å²) >= 11 is 5.11. The van der Waals surface area contributed by atoms with Gasteiger partial charge in [-0.25, -0.2) is 4.39 Å². The number of thiocarbonyl (C=S) groups is 1. The van der Waals surface area contributed by atoms with Crippen molar-refractivity contribution >= 4 is 17.2 Å². The van der Waals surface area contributed by atoms with E-state index in [4.69, 9.17) is 22.7 Å². The molecule has 1 heterocycles. The maximum absolute atomic E-state index is 13.2. The van der Waals surface area contributed by atoms with E-state index in [-0.39, 0.29) is 10.9 Å². The molecule has 2 N–H and O–H groups in total. The summed E-state index contributed by atoms with van der Waals surface area (Å²) in [5, 5.41) is 8.19. The monoisotopic (exact) mass is 305 g/mol. The Kier molecular flexibility index (Phi) is 4.80. The molecule has 0 fully saturated rings. The molecule has 0 amide bonds. The Hall–Kier alpha value is -2.08. The summed E-state index contributed by atoms with van der Waals surface area (Å²) in [5.41, 5.74) is 8.14. The topological polar surface area (TPSA) is 61.0 Å². The van der Waals surface area contributed by atoms with Crippen molar-refractivity contribution in [1.82, 2.24) is 10.2 Å². The minimum absolute atomic E-state index is 0.197. The number of aryl methyl sites for hydroxylation is 1. The Bertz CT molecular complexity index is 676. The number of rotatable bonds is 5. The highest BCUT2D eigenvalue weighted by molar-refractivity contribution is 7.80. The van der Waals surface area contributed by atoms with Crippen LogP contribution in [-0.4, -0.2) is 15.2 Å². The van der Waals surface area contributed by atoms with Crippen LogP contribution in [0.25, 0.3) is 0 Å². The predicted octanol–water partition coefficient (Wildman–Crippen LogP) is 3.17. The lowest BCUT2D eigenvalue weighted by atomic mass is 10.0. The van der Waals surface area contributed by atoms with Gasteiger partial charge >= 0.3 is 0 Å². The molecule has 0 aliphatic rings. The molecular formula is C15H16FN3OS. The number of nitrogens with zero attached hydrogens (tertiary/aromatic N) is 2. The first-order valence-corrected chi connectivity index (χ1v) is 7.09. The maximum Gasteiger partial charge on any atom is 0.249 e. The summed E-state index contributed by atoms with van der Waals surface area (Å²) in [7, 11) is 0. The Labute approximate surface area is 128 Å². The SMILES string of the molecule is CCc1nnc(Oc2cccc(F)c2)c(C(N)=S)c1CC. The summed E-state index contributed by atoms with van der Waals surface area (Å²) in [6.45, 7) is 3.98. The van der Waals surface area contributed by atoms with Crippen LogP contribution in [0.2, 0.25) is 0 Å². The lowest BCUT2D eigenvalue weighted by Gasteiger charge is -2.14. The average Bonchev–Trinajstić information content (AvgIpc) is 2.46. The molecule has 0 bridgehead atoms. The number of nitrogens with two attached hydrogens (primary N) is 1. The van der Waals surface area contributed by atoms with Crippen molar-refractivity contribution in [3.8, 4) is 11.6 Å². The Morgan fingerprint density at radius 3 is 2.62 bits per heavy atom. The van der Waals surface area contributed by atoms with Crippen molar-refractivity contribution in [2.45, 2.75) is 26.7 Å². The fourth-order valence-corrected chi connectivity index (χ4v) is 2.33. The van der Waals surface area contributed by atoms with Gasteiger partial charge in [0.1, 0.15) is 16.6 Å². The molecule has 21 heavy (non-hydrogen) atoms. The molecule has 6 heteroatoms. The fraction of sp³-hybridized carbons (Fsp3) is 0.267. The first-order chi connectivity index (χ1) is 10.1. The molecule has 2 aromatic rings. The van der Waals surface area contributed by atoms with Crippen LogP contribution in [0.4, 0.5) is 4.39 Å². The van der Waals surface area contributed by atoms with Gasteiger partial charge in [-0.2, -0.15) is 5.10 Å². The van der Waals surface area contributed by atoms with Crippen molar-refractivity contribution in [2.75, 3.05) is 0 Å². The molecule has 0 spiro atoms. The first-order valence-electron chi connectivity index (χ1n) is 6.68. The normalized spacial score (nSPS) is 10.4. The van der Waals surface area contributed by atoms with E-state index in [9.17, 15) is 4.39 Å². The van der Waals surface area contributed by atoms with Crippen molar-refractivity contribution in [3.05, 3.63) is 46.9 Å². The van der Waals surface area contributed by atoms with Gasteiger partial charge in [0.15, 0.2) is 0 Å². The van der Waals surface area contributed by atoms with Gasteiger partial charge in [0.25, 0.3) is 0 Å². The predicted molar refractivity (Wildman–Crippen MR) is 83.1 cm³/mol. The van der Waals surface area contributed by atoms with Gasteiger partial charge in [0.2, 0.25) is 5.88 Å². The van der Waals surface area contributed by atoms with Crippen molar-refractivity contribution in [3.63, 3.8) is 0 Å². The molecule has 4 nitrogen and oxygen atoms in total. The molecule has 0 aliphatic heterocycles. The van der Waals surface area contributed by atoms with Gasteiger partial charge in [-0.1, -0.05) is 32.1 Å². The molecule has 0 radical (unpaired) electrons. The lowest BCUT2D eigenvalue weighted by Crippen LogP contribution is -2.17. The van der Waals surface area contributed by atoms with E-state index in [0.29, 0.717) is 17.7 Å². The average molecular weight is 305 g/mol. The van der Waals surface area contributed by atoms with Crippen LogP contribution < -0.4 is 10.5 Å². The number of halogens is 1. The molecular weight excluding hydrogens is 289 g/mol. The van der Waals surface area contributed by atoms with E-state index in [0.717, 1.165) is 17.7 Å². The van der Waals surface area contributed by atoms with Gasteiger partial charge in [0.05, 0.1) is 11.3 Å². The zero-order valence-corrected chi connectivity index (χ0v) is 12.7. The third kappa shape index (κ3) is 3.33. The maximum atomic E-state index is 13.2. The van der Waals surface area contributed by atoms with Crippen LogP contribution in [0.5, 0.6) is 11.6 Å². The highest BCUT2D eigenvalue weighted by Gasteiger charge is 2.18. The molecule has 1 aromatic carbocycles. The first kappa shape index (κ1) is 15.3. The molecule has 0 aliphatic carbocycles. The molecule has 0 atom stereocenters. The van der Waals surface area contributed by atoms with Gasteiger partial charge in [-0.15, -0.1) is 5.10 Å². The van der Waals surface area contributed by atoms with Crippen LogP contribution >= 0.6 is 12.2 Å². The second-order valence-corrected chi connectivity index (χ2v) is 4.88. The quantitative estimate of drug-likeness (QED) is 0.860.